The van der Waals surface area contributed by atoms with Crippen LogP contribution in [-0.4, -0.2) is 24.9 Å². The van der Waals surface area contributed by atoms with E-state index in [0.717, 1.165) is 5.56 Å². The molecule has 5 heteroatoms. The first-order valence-corrected chi connectivity index (χ1v) is 7.64. The van der Waals surface area contributed by atoms with Crippen molar-refractivity contribution in [3.63, 3.8) is 0 Å². The smallest absolute Gasteiger partial charge is 0.265 e. The van der Waals surface area contributed by atoms with E-state index in [4.69, 9.17) is 9.47 Å². The van der Waals surface area contributed by atoms with Crippen molar-refractivity contribution in [3.05, 3.63) is 53.6 Å². The second kappa shape index (κ2) is 7.64. The van der Waals surface area contributed by atoms with Gasteiger partial charge in [-0.1, -0.05) is 12.1 Å². The van der Waals surface area contributed by atoms with Gasteiger partial charge in [0, 0.05) is 11.3 Å². The molecule has 0 spiro atoms. The molecule has 0 bridgehead atoms. The van der Waals surface area contributed by atoms with E-state index in [-0.39, 0.29) is 11.7 Å². The number of rotatable bonds is 6. The van der Waals surface area contributed by atoms with Crippen LogP contribution in [0.15, 0.2) is 42.5 Å². The van der Waals surface area contributed by atoms with Gasteiger partial charge in [-0.25, -0.2) is 0 Å². The first-order valence-electron chi connectivity index (χ1n) is 7.64. The lowest BCUT2D eigenvalue weighted by atomic mass is 10.1. The van der Waals surface area contributed by atoms with Gasteiger partial charge >= 0.3 is 0 Å². The molecule has 1 unspecified atom stereocenters. The number of methoxy groups -OCH3 is 1. The van der Waals surface area contributed by atoms with E-state index in [9.17, 15) is 9.59 Å². The predicted molar refractivity (Wildman–Crippen MR) is 92.9 cm³/mol. The van der Waals surface area contributed by atoms with E-state index in [0.29, 0.717) is 22.7 Å². The highest BCUT2D eigenvalue weighted by Gasteiger charge is 2.18. The maximum Gasteiger partial charge on any atom is 0.265 e. The summed E-state index contributed by atoms with van der Waals surface area (Å²) in [6.07, 6.45) is -0.720. The van der Waals surface area contributed by atoms with Crippen LogP contribution in [0.3, 0.4) is 0 Å². The Morgan fingerprint density at radius 2 is 1.83 bits per heavy atom. The third-order valence-electron chi connectivity index (χ3n) is 3.53. The zero-order valence-corrected chi connectivity index (χ0v) is 14.3. The van der Waals surface area contributed by atoms with Crippen LogP contribution in [0.1, 0.15) is 29.8 Å². The minimum atomic E-state index is -0.720. The third kappa shape index (κ3) is 4.35. The minimum Gasteiger partial charge on any atom is -0.493 e. The Hall–Kier alpha value is -2.82. The van der Waals surface area contributed by atoms with E-state index >= 15 is 0 Å². The predicted octanol–water partition coefficient (Wildman–Crippen LogP) is 3.61. The van der Waals surface area contributed by atoms with Crippen LogP contribution >= 0.6 is 0 Å². The van der Waals surface area contributed by atoms with Gasteiger partial charge in [0.05, 0.1) is 7.11 Å². The molecule has 1 amide bonds. The molecule has 0 radical (unpaired) electrons. The molecule has 0 saturated heterocycles. The fourth-order valence-electron chi connectivity index (χ4n) is 2.19. The SMILES string of the molecule is COc1cc(C(C)=O)ccc1OC(C)C(=O)Nc1cccc(C)c1. The van der Waals surface area contributed by atoms with Crippen molar-refractivity contribution in [2.75, 3.05) is 12.4 Å². The molecule has 0 aromatic heterocycles. The number of hydrogen-bond acceptors (Lipinski definition) is 4. The summed E-state index contributed by atoms with van der Waals surface area (Å²) in [7, 11) is 1.49. The molecule has 5 nitrogen and oxygen atoms in total. The Morgan fingerprint density at radius 3 is 2.46 bits per heavy atom. The first kappa shape index (κ1) is 17.5. The maximum absolute atomic E-state index is 12.3. The van der Waals surface area contributed by atoms with Crippen molar-refractivity contribution in [1.29, 1.82) is 0 Å². The number of Topliss-reactive ketones (excluding diaryl/α,β-unsaturated/α-hetero) is 1. The van der Waals surface area contributed by atoms with Crippen molar-refractivity contribution in [3.8, 4) is 11.5 Å². The van der Waals surface area contributed by atoms with Gasteiger partial charge in [0.2, 0.25) is 0 Å². The molecule has 0 aliphatic carbocycles. The fourth-order valence-corrected chi connectivity index (χ4v) is 2.19. The number of nitrogens with one attached hydrogen (secondary N) is 1. The molecule has 1 N–H and O–H groups in total. The van der Waals surface area contributed by atoms with Gasteiger partial charge in [-0.3, -0.25) is 9.59 Å². The van der Waals surface area contributed by atoms with E-state index in [1.807, 2.05) is 31.2 Å². The summed E-state index contributed by atoms with van der Waals surface area (Å²) in [5.41, 5.74) is 2.30. The third-order valence-corrected chi connectivity index (χ3v) is 3.53. The molecule has 126 valence electrons. The molecule has 0 aliphatic heterocycles. The number of anilines is 1. The van der Waals surface area contributed by atoms with Crippen molar-refractivity contribution in [2.24, 2.45) is 0 Å². The molecule has 2 aromatic rings. The molecule has 24 heavy (non-hydrogen) atoms. The normalized spacial score (nSPS) is 11.5. The summed E-state index contributed by atoms with van der Waals surface area (Å²) in [6, 6.07) is 12.4. The second-order valence-corrected chi connectivity index (χ2v) is 5.54. The van der Waals surface area contributed by atoms with Crippen molar-refractivity contribution in [2.45, 2.75) is 26.9 Å². The molecule has 2 rings (SSSR count). The van der Waals surface area contributed by atoms with E-state index in [1.54, 1.807) is 25.1 Å². The second-order valence-electron chi connectivity index (χ2n) is 5.54. The van der Waals surface area contributed by atoms with Gasteiger partial charge < -0.3 is 14.8 Å². The molecular formula is C19H21NO4. The highest BCUT2D eigenvalue weighted by molar-refractivity contribution is 5.95. The number of ether oxygens (including phenoxy) is 2. The molecule has 0 heterocycles. The van der Waals surface area contributed by atoms with Gasteiger partial charge in [-0.2, -0.15) is 0 Å². The Bertz CT molecular complexity index is 755. The van der Waals surface area contributed by atoms with E-state index < -0.39 is 6.10 Å². The van der Waals surface area contributed by atoms with Crippen molar-refractivity contribution < 1.29 is 19.1 Å². The van der Waals surface area contributed by atoms with Gasteiger partial charge in [0.1, 0.15) is 0 Å². The van der Waals surface area contributed by atoms with Crippen LogP contribution in [-0.2, 0) is 4.79 Å². The number of hydrogen-bond donors (Lipinski definition) is 1. The summed E-state index contributed by atoms with van der Waals surface area (Å²) in [6.45, 7) is 5.09. The zero-order chi connectivity index (χ0) is 17.7. The van der Waals surface area contributed by atoms with Crippen molar-refractivity contribution in [1.82, 2.24) is 0 Å². The quantitative estimate of drug-likeness (QED) is 0.823. The molecule has 2 aromatic carbocycles. The molecular weight excluding hydrogens is 306 g/mol. The number of aryl methyl sites for hydroxylation is 1. The summed E-state index contributed by atoms with van der Waals surface area (Å²) >= 11 is 0. The monoisotopic (exact) mass is 327 g/mol. The van der Waals surface area contributed by atoms with Gasteiger partial charge in [0.25, 0.3) is 5.91 Å². The fraction of sp³-hybridized carbons (Fsp3) is 0.263. The molecule has 0 fully saturated rings. The molecule has 0 aliphatic rings. The number of amides is 1. The number of carbonyl (C=O) groups excluding carboxylic acids is 2. The highest BCUT2D eigenvalue weighted by atomic mass is 16.5. The lowest BCUT2D eigenvalue weighted by molar-refractivity contribution is -0.122. The lowest BCUT2D eigenvalue weighted by Gasteiger charge is -2.17. The standard InChI is InChI=1S/C19H21NO4/c1-12-6-5-7-16(10-12)20-19(22)14(3)24-17-9-8-15(13(2)21)11-18(17)23-4/h5-11,14H,1-4H3,(H,20,22). The van der Waals surface area contributed by atoms with Gasteiger partial charge in [-0.15, -0.1) is 0 Å². The number of ketones is 1. The Labute approximate surface area is 141 Å². The van der Waals surface area contributed by atoms with Crippen molar-refractivity contribution >= 4 is 17.4 Å². The highest BCUT2D eigenvalue weighted by Crippen LogP contribution is 2.29. The summed E-state index contributed by atoms with van der Waals surface area (Å²) in [5, 5.41) is 2.81. The first-order chi connectivity index (χ1) is 11.4. The molecule has 0 saturated carbocycles. The topological polar surface area (TPSA) is 64.6 Å². The maximum atomic E-state index is 12.3. The average Bonchev–Trinajstić information content (AvgIpc) is 2.54. The summed E-state index contributed by atoms with van der Waals surface area (Å²) in [5.74, 6) is 0.496. The number of benzene rings is 2. The largest absolute Gasteiger partial charge is 0.493 e. The Morgan fingerprint density at radius 1 is 1.08 bits per heavy atom. The number of carbonyl (C=O) groups is 2. The molecule has 1 atom stereocenters. The summed E-state index contributed by atoms with van der Waals surface area (Å²) < 4.78 is 10.9. The van der Waals surface area contributed by atoms with Crippen LogP contribution in [0.25, 0.3) is 0 Å². The lowest BCUT2D eigenvalue weighted by Crippen LogP contribution is -2.30. The van der Waals surface area contributed by atoms with Crippen LogP contribution in [0, 0.1) is 6.92 Å². The Kier molecular flexibility index (Phi) is 5.58. The zero-order valence-electron chi connectivity index (χ0n) is 14.3. The van der Waals surface area contributed by atoms with Gasteiger partial charge in [0.15, 0.2) is 23.4 Å². The average molecular weight is 327 g/mol. The summed E-state index contributed by atoms with van der Waals surface area (Å²) in [4.78, 5) is 23.7. The van der Waals surface area contributed by atoms with Crippen LogP contribution < -0.4 is 14.8 Å². The Balaban J connectivity index is 2.09. The van der Waals surface area contributed by atoms with E-state index in [2.05, 4.69) is 5.32 Å². The minimum absolute atomic E-state index is 0.0647. The van der Waals surface area contributed by atoms with Gasteiger partial charge in [-0.05, 0) is 56.7 Å². The van der Waals surface area contributed by atoms with Crippen LogP contribution in [0.5, 0.6) is 11.5 Å². The van der Waals surface area contributed by atoms with Crippen LogP contribution in [0.2, 0.25) is 0 Å². The van der Waals surface area contributed by atoms with Crippen LogP contribution in [0.4, 0.5) is 5.69 Å². The van der Waals surface area contributed by atoms with E-state index in [1.165, 1.54) is 14.0 Å².